The fourth-order valence-corrected chi connectivity index (χ4v) is 2.41. The molecule has 1 aromatic rings. The summed E-state index contributed by atoms with van der Waals surface area (Å²) >= 11 is 0. The number of primary amides is 1. The van der Waals surface area contributed by atoms with Crippen LogP contribution >= 0.6 is 0 Å². The van der Waals surface area contributed by atoms with Gasteiger partial charge in [0.05, 0.1) is 11.5 Å². The van der Waals surface area contributed by atoms with Gasteiger partial charge in [-0.05, 0) is 24.5 Å². The Kier molecular flexibility index (Phi) is 9.69. The first kappa shape index (κ1) is 25.1. The second kappa shape index (κ2) is 11.9. The molecule has 4 amide bonds. The molecular weight excluding hydrogens is 414 g/mol. The Balaban J connectivity index is 2.83. The van der Waals surface area contributed by atoms with Crippen LogP contribution in [0.3, 0.4) is 0 Å². The van der Waals surface area contributed by atoms with Crippen LogP contribution in [0.5, 0.6) is 5.75 Å². The number of nitro benzene ring substituents is 1. The number of nitrogens with one attached hydrogen (secondary N) is 2. The molecule has 0 aromatic heterocycles. The number of carboxylic acid groups (broad SMARTS) is 1. The molecule has 170 valence electrons. The number of hydrogen-bond donors (Lipinski definition) is 4. The molecule has 31 heavy (non-hydrogen) atoms. The van der Waals surface area contributed by atoms with Crippen LogP contribution in [0, 0.1) is 16.0 Å². The van der Waals surface area contributed by atoms with Gasteiger partial charge in [0.2, 0.25) is 5.91 Å². The molecule has 0 aliphatic heterocycles. The summed E-state index contributed by atoms with van der Waals surface area (Å²) < 4.78 is 5.27. The predicted molar refractivity (Wildman–Crippen MR) is 107 cm³/mol. The fourth-order valence-electron chi connectivity index (χ4n) is 2.41. The van der Waals surface area contributed by atoms with Crippen molar-refractivity contribution in [2.45, 2.75) is 32.7 Å². The quantitative estimate of drug-likeness (QED) is 0.281. The molecule has 13 nitrogen and oxygen atoms in total. The van der Waals surface area contributed by atoms with Gasteiger partial charge in [0.25, 0.3) is 17.5 Å². The van der Waals surface area contributed by atoms with Crippen molar-refractivity contribution in [3.8, 4) is 5.75 Å². The van der Waals surface area contributed by atoms with Gasteiger partial charge in [-0.1, -0.05) is 13.8 Å². The average Bonchev–Trinajstić information content (AvgIpc) is 2.68. The maximum absolute atomic E-state index is 12.5. The molecular formula is C18H25N5O8. The van der Waals surface area contributed by atoms with Crippen molar-refractivity contribution < 1.29 is 33.9 Å². The zero-order chi connectivity index (χ0) is 23.6. The minimum Gasteiger partial charge on any atom is -0.484 e. The van der Waals surface area contributed by atoms with Crippen molar-refractivity contribution in [1.82, 2.24) is 15.8 Å². The normalized spacial score (nSPS) is 11.3. The summed E-state index contributed by atoms with van der Waals surface area (Å²) in [5.74, 6) is -2.10. The molecule has 1 rings (SSSR count). The van der Waals surface area contributed by atoms with Crippen LogP contribution in [0.4, 0.5) is 10.5 Å². The van der Waals surface area contributed by atoms with Crippen molar-refractivity contribution in [3.05, 3.63) is 34.4 Å². The SMILES string of the molecule is CC(C)C[C@H](NC(=O)O)C(=O)NN(CCC(N)=O)C(=O)COc1ccc([N+](=O)[O-])cc1. The number of nitrogens with two attached hydrogens (primary N) is 1. The summed E-state index contributed by atoms with van der Waals surface area (Å²) in [6.07, 6.45) is -1.49. The molecule has 0 spiro atoms. The van der Waals surface area contributed by atoms with Gasteiger partial charge in [-0.15, -0.1) is 0 Å². The molecule has 0 fully saturated rings. The fraction of sp³-hybridized carbons (Fsp3) is 0.444. The van der Waals surface area contributed by atoms with Crippen LogP contribution in [0.25, 0.3) is 0 Å². The van der Waals surface area contributed by atoms with Crippen LogP contribution in [-0.2, 0) is 14.4 Å². The van der Waals surface area contributed by atoms with Gasteiger partial charge >= 0.3 is 6.09 Å². The first-order chi connectivity index (χ1) is 14.5. The lowest BCUT2D eigenvalue weighted by molar-refractivity contribution is -0.384. The van der Waals surface area contributed by atoms with Gasteiger partial charge in [-0.25, -0.2) is 4.79 Å². The number of non-ortho nitro benzene ring substituents is 1. The molecule has 0 aliphatic rings. The minimum atomic E-state index is -1.41. The summed E-state index contributed by atoms with van der Waals surface area (Å²) in [5.41, 5.74) is 7.23. The Morgan fingerprint density at radius 1 is 1.23 bits per heavy atom. The summed E-state index contributed by atoms with van der Waals surface area (Å²) in [6, 6.07) is 3.86. The highest BCUT2D eigenvalue weighted by atomic mass is 16.6. The monoisotopic (exact) mass is 439 g/mol. The number of rotatable bonds is 11. The van der Waals surface area contributed by atoms with Gasteiger partial charge in [0.1, 0.15) is 11.8 Å². The van der Waals surface area contributed by atoms with Gasteiger partial charge < -0.3 is 20.9 Å². The van der Waals surface area contributed by atoms with E-state index in [1.807, 2.05) is 0 Å². The first-order valence-electron chi connectivity index (χ1n) is 9.25. The van der Waals surface area contributed by atoms with Crippen molar-refractivity contribution >= 4 is 29.5 Å². The summed E-state index contributed by atoms with van der Waals surface area (Å²) in [7, 11) is 0. The first-order valence-corrected chi connectivity index (χ1v) is 9.25. The third kappa shape index (κ3) is 9.43. The van der Waals surface area contributed by atoms with Gasteiger partial charge in [0.15, 0.2) is 6.61 Å². The molecule has 1 atom stereocenters. The van der Waals surface area contributed by atoms with E-state index >= 15 is 0 Å². The molecule has 1 aromatic carbocycles. The van der Waals surface area contributed by atoms with E-state index < -0.39 is 41.4 Å². The van der Waals surface area contributed by atoms with E-state index in [2.05, 4.69) is 10.7 Å². The maximum Gasteiger partial charge on any atom is 0.405 e. The average molecular weight is 439 g/mol. The summed E-state index contributed by atoms with van der Waals surface area (Å²) in [5, 5.41) is 22.5. The van der Waals surface area contributed by atoms with E-state index in [-0.39, 0.29) is 36.7 Å². The number of carbonyl (C=O) groups excluding carboxylic acids is 3. The second-order valence-corrected chi connectivity index (χ2v) is 6.91. The van der Waals surface area contributed by atoms with Crippen molar-refractivity contribution in [3.63, 3.8) is 0 Å². The molecule has 0 bridgehead atoms. The third-order valence-electron chi connectivity index (χ3n) is 3.86. The van der Waals surface area contributed by atoms with Crippen molar-refractivity contribution in [2.24, 2.45) is 11.7 Å². The van der Waals surface area contributed by atoms with E-state index in [4.69, 9.17) is 15.6 Å². The second-order valence-electron chi connectivity index (χ2n) is 6.91. The number of hydrogen-bond acceptors (Lipinski definition) is 7. The van der Waals surface area contributed by atoms with Crippen LogP contribution in [0.2, 0.25) is 0 Å². The van der Waals surface area contributed by atoms with Crippen LogP contribution in [0.15, 0.2) is 24.3 Å². The van der Waals surface area contributed by atoms with Gasteiger partial charge in [-0.3, -0.25) is 34.9 Å². The summed E-state index contributed by atoms with van der Waals surface area (Å²) in [4.78, 5) is 57.1. The highest BCUT2D eigenvalue weighted by Gasteiger charge is 2.26. The van der Waals surface area contributed by atoms with E-state index in [1.54, 1.807) is 13.8 Å². The number of nitrogens with zero attached hydrogens (tertiary/aromatic N) is 2. The molecule has 0 unspecified atom stereocenters. The minimum absolute atomic E-state index is 0.0251. The topological polar surface area (TPSA) is 194 Å². The van der Waals surface area contributed by atoms with Crippen LogP contribution in [-0.4, -0.2) is 58.0 Å². The lowest BCUT2D eigenvalue weighted by atomic mass is 10.0. The standard InChI is InChI=1S/C18H25N5O8/c1-11(2)9-14(20-18(27)28)17(26)21-22(8-7-15(19)24)16(25)10-31-13-5-3-12(4-6-13)23(29)30/h3-6,11,14,20H,7-10H2,1-2H3,(H2,19,24)(H,21,26)(H,27,28)/t14-/m0/s1. The van der Waals surface area contributed by atoms with Crippen molar-refractivity contribution in [2.75, 3.05) is 13.2 Å². The number of benzene rings is 1. The van der Waals surface area contributed by atoms with E-state index in [0.717, 1.165) is 5.01 Å². The Hall–Kier alpha value is -3.90. The number of hydrazine groups is 1. The number of ether oxygens (including phenoxy) is 1. The zero-order valence-electron chi connectivity index (χ0n) is 17.1. The van der Waals surface area contributed by atoms with Gasteiger partial charge in [0, 0.05) is 18.6 Å². The molecule has 0 saturated carbocycles. The molecule has 5 N–H and O–H groups in total. The molecule has 0 aliphatic carbocycles. The van der Waals surface area contributed by atoms with E-state index in [0.29, 0.717) is 0 Å². The van der Waals surface area contributed by atoms with Crippen LogP contribution < -0.4 is 21.2 Å². The number of carbonyl (C=O) groups is 4. The smallest absolute Gasteiger partial charge is 0.405 e. The van der Waals surface area contributed by atoms with Crippen LogP contribution in [0.1, 0.15) is 26.7 Å². The van der Waals surface area contributed by atoms with E-state index in [9.17, 15) is 29.3 Å². The summed E-state index contributed by atoms with van der Waals surface area (Å²) in [6.45, 7) is 2.76. The number of nitro groups is 1. The third-order valence-corrected chi connectivity index (χ3v) is 3.86. The molecule has 0 radical (unpaired) electrons. The number of amides is 4. The Morgan fingerprint density at radius 2 is 1.84 bits per heavy atom. The Labute approximate surface area is 177 Å². The zero-order valence-corrected chi connectivity index (χ0v) is 17.1. The highest BCUT2D eigenvalue weighted by molar-refractivity contribution is 5.88. The predicted octanol–water partition coefficient (Wildman–Crippen LogP) is 0.391. The molecule has 0 saturated heterocycles. The lowest BCUT2D eigenvalue weighted by Gasteiger charge is -2.26. The largest absolute Gasteiger partial charge is 0.484 e. The maximum atomic E-state index is 12.5. The highest BCUT2D eigenvalue weighted by Crippen LogP contribution is 2.17. The lowest BCUT2D eigenvalue weighted by Crippen LogP contribution is -2.55. The Morgan fingerprint density at radius 3 is 2.32 bits per heavy atom. The van der Waals surface area contributed by atoms with Crippen molar-refractivity contribution in [1.29, 1.82) is 0 Å². The molecule has 0 heterocycles. The van der Waals surface area contributed by atoms with E-state index in [1.165, 1.54) is 24.3 Å². The molecule has 13 heteroatoms. The Bertz CT molecular complexity index is 812. The van der Waals surface area contributed by atoms with Gasteiger partial charge in [-0.2, -0.15) is 0 Å².